The fraction of sp³-hybridized carbons (Fsp3) is 0.200. The molecule has 0 aliphatic rings. The van der Waals surface area contributed by atoms with E-state index in [1.165, 1.54) is 6.20 Å². The van der Waals surface area contributed by atoms with Crippen LogP contribution in [0.5, 0.6) is 0 Å². The van der Waals surface area contributed by atoms with E-state index in [9.17, 15) is 4.79 Å². The van der Waals surface area contributed by atoms with E-state index in [2.05, 4.69) is 20.5 Å². The molecule has 3 aromatic rings. The molecule has 0 unspecified atom stereocenters. The van der Waals surface area contributed by atoms with Crippen LogP contribution in [0.1, 0.15) is 12.7 Å². The molecule has 1 N–H and O–H groups in total. The summed E-state index contributed by atoms with van der Waals surface area (Å²) in [5, 5.41) is 11.0. The third kappa shape index (κ3) is 3.77. The van der Waals surface area contributed by atoms with Gasteiger partial charge in [-0.05, 0) is 32.0 Å². The van der Waals surface area contributed by atoms with Crippen LogP contribution in [-0.4, -0.2) is 26.3 Å². The number of aromatic nitrogens is 3. The molecule has 0 bridgehead atoms. The first kappa shape index (κ1) is 16.5. The van der Waals surface area contributed by atoms with Crippen LogP contribution in [0.4, 0.5) is 5.82 Å². The van der Waals surface area contributed by atoms with Gasteiger partial charge in [-0.15, -0.1) is 10.2 Å². The second-order valence-corrected chi connectivity index (χ2v) is 6.60. The highest BCUT2D eigenvalue weighted by Gasteiger charge is 2.20. The van der Waals surface area contributed by atoms with Crippen molar-refractivity contribution in [2.24, 2.45) is 0 Å². The second kappa shape index (κ2) is 7.06. The third-order valence-corrected chi connectivity index (χ3v) is 4.28. The summed E-state index contributed by atoms with van der Waals surface area (Å²) in [6.07, 6.45) is 3.02. The first-order valence-corrected chi connectivity index (χ1v) is 8.26. The molecule has 0 fully saturated rings. The molecule has 124 valence electrons. The molecular weight excluding hydrogens is 352 g/mol. The molecule has 7 nitrogen and oxygen atoms in total. The normalized spacial score (nSPS) is 12.1. The lowest BCUT2D eigenvalue weighted by Gasteiger charge is -2.08. The maximum absolute atomic E-state index is 12.2. The van der Waals surface area contributed by atoms with Crippen molar-refractivity contribution in [3.05, 3.63) is 41.4 Å². The molecule has 1 atom stereocenters. The topological polar surface area (TPSA) is 94.0 Å². The summed E-state index contributed by atoms with van der Waals surface area (Å²) in [5.74, 6) is 1.25. The van der Waals surface area contributed by atoms with Gasteiger partial charge in [-0.3, -0.25) is 4.79 Å². The fourth-order valence-corrected chi connectivity index (χ4v) is 2.65. The quantitative estimate of drug-likeness (QED) is 0.688. The summed E-state index contributed by atoms with van der Waals surface area (Å²) >= 11 is 6.92. The molecule has 0 aliphatic carbocycles. The van der Waals surface area contributed by atoms with Gasteiger partial charge in [-0.2, -0.15) is 0 Å². The van der Waals surface area contributed by atoms with E-state index in [4.69, 9.17) is 20.4 Å². The standard InChI is InChI=1S/C15H13ClN4O3S/c1-8-11(5-6-22-8)14-19-20-15(23-14)24-9(2)13(21)18-12-4-3-10(16)7-17-12/h3-7,9H,1-2H3,(H,17,18,21)/t9-/m0/s1. The average Bonchev–Trinajstić information content (AvgIpc) is 3.18. The molecule has 24 heavy (non-hydrogen) atoms. The van der Waals surface area contributed by atoms with E-state index in [0.29, 0.717) is 27.7 Å². The molecule has 0 spiro atoms. The Morgan fingerprint density at radius 1 is 1.33 bits per heavy atom. The van der Waals surface area contributed by atoms with Gasteiger partial charge in [0.05, 0.1) is 22.1 Å². The van der Waals surface area contributed by atoms with Gasteiger partial charge in [0.2, 0.25) is 5.91 Å². The molecule has 1 amide bonds. The lowest BCUT2D eigenvalue weighted by Crippen LogP contribution is -2.22. The van der Waals surface area contributed by atoms with Crippen molar-refractivity contribution in [1.29, 1.82) is 0 Å². The largest absolute Gasteiger partial charge is 0.469 e. The lowest BCUT2D eigenvalue weighted by atomic mass is 10.3. The minimum absolute atomic E-state index is 0.228. The summed E-state index contributed by atoms with van der Waals surface area (Å²) in [6.45, 7) is 3.55. The molecule has 9 heteroatoms. The molecule has 3 aromatic heterocycles. The Balaban J connectivity index is 1.63. The molecule has 0 saturated carbocycles. The number of carbonyl (C=O) groups is 1. The number of pyridine rings is 1. The Bertz CT molecular complexity index is 847. The van der Waals surface area contributed by atoms with Crippen molar-refractivity contribution in [2.75, 3.05) is 5.32 Å². The van der Waals surface area contributed by atoms with E-state index < -0.39 is 5.25 Å². The van der Waals surface area contributed by atoms with Crippen LogP contribution < -0.4 is 5.32 Å². The van der Waals surface area contributed by atoms with Gasteiger partial charge in [0.15, 0.2) is 0 Å². The maximum Gasteiger partial charge on any atom is 0.277 e. The number of amides is 1. The molecule has 0 aromatic carbocycles. The van der Waals surface area contributed by atoms with Crippen molar-refractivity contribution >= 4 is 35.1 Å². The summed E-state index contributed by atoms with van der Waals surface area (Å²) < 4.78 is 10.8. The zero-order valence-electron chi connectivity index (χ0n) is 12.8. The zero-order valence-corrected chi connectivity index (χ0v) is 14.4. The lowest BCUT2D eigenvalue weighted by molar-refractivity contribution is -0.115. The van der Waals surface area contributed by atoms with E-state index >= 15 is 0 Å². The molecule has 0 saturated heterocycles. The smallest absolute Gasteiger partial charge is 0.277 e. The highest BCUT2D eigenvalue weighted by Crippen LogP contribution is 2.28. The number of furan rings is 1. The second-order valence-electron chi connectivity index (χ2n) is 4.87. The van der Waals surface area contributed by atoms with Crippen LogP contribution in [0.2, 0.25) is 5.02 Å². The van der Waals surface area contributed by atoms with E-state index in [0.717, 1.165) is 17.3 Å². The van der Waals surface area contributed by atoms with Gasteiger partial charge in [-0.25, -0.2) is 4.98 Å². The number of aryl methyl sites for hydroxylation is 1. The molecule has 3 heterocycles. The summed E-state index contributed by atoms with van der Waals surface area (Å²) in [5.41, 5.74) is 0.733. The monoisotopic (exact) mass is 364 g/mol. The van der Waals surface area contributed by atoms with Crippen LogP contribution in [0.25, 0.3) is 11.5 Å². The number of anilines is 1. The Labute approximate surface area is 146 Å². The van der Waals surface area contributed by atoms with Crippen molar-refractivity contribution in [1.82, 2.24) is 15.2 Å². The predicted octanol–water partition coefficient (Wildman–Crippen LogP) is 3.81. The Hall–Kier alpha value is -2.32. The van der Waals surface area contributed by atoms with Crippen molar-refractivity contribution < 1.29 is 13.6 Å². The van der Waals surface area contributed by atoms with Gasteiger partial charge in [0.1, 0.15) is 11.6 Å². The van der Waals surface area contributed by atoms with Gasteiger partial charge < -0.3 is 14.2 Å². The third-order valence-electron chi connectivity index (χ3n) is 3.12. The number of thioether (sulfide) groups is 1. The molecule has 3 rings (SSSR count). The number of nitrogens with one attached hydrogen (secondary N) is 1. The van der Waals surface area contributed by atoms with E-state index in [1.807, 2.05) is 6.92 Å². The maximum atomic E-state index is 12.2. The van der Waals surface area contributed by atoms with Gasteiger partial charge >= 0.3 is 0 Å². The number of halogens is 1. The zero-order chi connectivity index (χ0) is 17.1. The number of hydrogen-bond acceptors (Lipinski definition) is 7. The molecular formula is C15H13ClN4O3S. The van der Waals surface area contributed by atoms with E-state index in [1.54, 1.807) is 31.4 Å². The van der Waals surface area contributed by atoms with Crippen molar-refractivity contribution in [3.8, 4) is 11.5 Å². The number of carbonyl (C=O) groups excluding carboxylic acids is 1. The minimum Gasteiger partial charge on any atom is -0.469 e. The number of nitrogens with zero attached hydrogens (tertiary/aromatic N) is 3. The average molecular weight is 365 g/mol. The number of hydrogen-bond donors (Lipinski definition) is 1. The van der Waals surface area contributed by atoms with Crippen LogP contribution in [0.15, 0.2) is 44.7 Å². The SMILES string of the molecule is Cc1occc1-c1nnc(S[C@@H](C)C(=O)Nc2ccc(Cl)cn2)o1. The molecule has 0 aliphatic heterocycles. The summed E-state index contributed by atoms with van der Waals surface area (Å²) in [7, 11) is 0. The van der Waals surface area contributed by atoms with Crippen LogP contribution in [0, 0.1) is 6.92 Å². The summed E-state index contributed by atoms with van der Waals surface area (Å²) in [6, 6.07) is 5.03. The highest BCUT2D eigenvalue weighted by atomic mass is 35.5. The van der Waals surface area contributed by atoms with E-state index in [-0.39, 0.29) is 5.91 Å². The minimum atomic E-state index is -0.443. The Morgan fingerprint density at radius 3 is 2.83 bits per heavy atom. The van der Waals surface area contributed by atoms with Crippen LogP contribution in [-0.2, 0) is 4.79 Å². The van der Waals surface area contributed by atoms with Crippen LogP contribution in [0.3, 0.4) is 0 Å². The number of rotatable bonds is 5. The van der Waals surface area contributed by atoms with Crippen molar-refractivity contribution in [2.45, 2.75) is 24.3 Å². The van der Waals surface area contributed by atoms with Crippen LogP contribution >= 0.6 is 23.4 Å². The Morgan fingerprint density at radius 2 is 2.17 bits per heavy atom. The highest BCUT2D eigenvalue weighted by molar-refractivity contribution is 8.00. The van der Waals surface area contributed by atoms with Gasteiger partial charge in [-0.1, -0.05) is 23.4 Å². The fourth-order valence-electron chi connectivity index (χ4n) is 1.86. The first-order valence-electron chi connectivity index (χ1n) is 7.00. The Kier molecular flexibility index (Phi) is 4.86. The van der Waals surface area contributed by atoms with Gasteiger partial charge in [0.25, 0.3) is 11.1 Å². The first-order chi connectivity index (χ1) is 11.5. The summed E-state index contributed by atoms with van der Waals surface area (Å²) in [4.78, 5) is 16.2. The van der Waals surface area contributed by atoms with Crippen molar-refractivity contribution in [3.63, 3.8) is 0 Å². The molecule has 0 radical (unpaired) electrons. The van der Waals surface area contributed by atoms with Gasteiger partial charge in [0, 0.05) is 6.20 Å². The predicted molar refractivity (Wildman–Crippen MR) is 89.9 cm³/mol.